The topological polar surface area (TPSA) is 111 Å². The Balaban J connectivity index is 4.57. The predicted octanol–water partition coefficient (Wildman–Crippen LogP) is 1.34. The monoisotopic (exact) mass is 276 g/mol. The second-order valence-corrected chi connectivity index (χ2v) is 5.07. The van der Waals surface area contributed by atoms with Crippen molar-refractivity contribution in [3.8, 4) is 0 Å². The summed E-state index contributed by atoms with van der Waals surface area (Å²) in [6, 6.07) is -0.0981. The van der Waals surface area contributed by atoms with Gasteiger partial charge in [-0.25, -0.2) is 9.59 Å². The summed E-state index contributed by atoms with van der Waals surface area (Å²) in [6.07, 6.45) is -1.79. The molecular weight excluding hydrogens is 252 g/mol. The van der Waals surface area contributed by atoms with Crippen molar-refractivity contribution >= 4 is 12.2 Å². The summed E-state index contributed by atoms with van der Waals surface area (Å²) in [4.78, 5) is 22.1. The minimum Gasteiger partial charge on any atom is -0.449 e. The van der Waals surface area contributed by atoms with Crippen molar-refractivity contribution in [1.29, 1.82) is 0 Å². The number of aliphatic hydroxyl groups is 1. The molecule has 0 radical (unpaired) electrons. The van der Waals surface area contributed by atoms with Crippen molar-refractivity contribution < 1.29 is 24.2 Å². The van der Waals surface area contributed by atoms with Crippen LogP contribution < -0.4 is 11.1 Å². The van der Waals surface area contributed by atoms with Gasteiger partial charge in [0.1, 0.15) is 6.61 Å². The SMILES string of the molecule is CCCC(C)(COC(N)=O)C(O)OC(=O)NC(C)C. The molecule has 0 bridgehead atoms. The van der Waals surface area contributed by atoms with Crippen molar-refractivity contribution in [1.82, 2.24) is 5.32 Å². The molecular formula is C12H24N2O5. The fourth-order valence-corrected chi connectivity index (χ4v) is 1.59. The molecule has 0 aliphatic heterocycles. The van der Waals surface area contributed by atoms with Gasteiger partial charge in [0.25, 0.3) is 0 Å². The highest BCUT2D eigenvalue weighted by Gasteiger charge is 2.36. The molecule has 0 aliphatic rings. The van der Waals surface area contributed by atoms with Crippen molar-refractivity contribution in [2.45, 2.75) is 52.9 Å². The molecule has 0 aromatic carbocycles. The fraction of sp³-hybridized carbons (Fsp3) is 0.833. The first-order valence-electron chi connectivity index (χ1n) is 6.28. The van der Waals surface area contributed by atoms with E-state index in [0.29, 0.717) is 6.42 Å². The molecule has 112 valence electrons. The van der Waals surface area contributed by atoms with Gasteiger partial charge in [-0.05, 0) is 20.3 Å². The highest BCUT2D eigenvalue weighted by molar-refractivity contribution is 5.67. The number of aliphatic hydroxyl groups excluding tert-OH is 1. The van der Waals surface area contributed by atoms with Gasteiger partial charge in [0.2, 0.25) is 6.29 Å². The van der Waals surface area contributed by atoms with Crippen LogP contribution in [-0.4, -0.2) is 36.2 Å². The zero-order valence-electron chi connectivity index (χ0n) is 11.9. The lowest BCUT2D eigenvalue weighted by Gasteiger charge is -2.32. The van der Waals surface area contributed by atoms with E-state index in [1.807, 2.05) is 6.92 Å². The second-order valence-electron chi connectivity index (χ2n) is 5.07. The maximum Gasteiger partial charge on any atom is 0.409 e. The molecule has 0 fully saturated rings. The molecule has 2 unspecified atom stereocenters. The van der Waals surface area contributed by atoms with Gasteiger partial charge >= 0.3 is 12.2 Å². The molecule has 0 saturated heterocycles. The highest BCUT2D eigenvalue weighted by Crippen LogP contribution is 2.29. The number of nitrogens with one attached hydrogen (secondary N) is 1. The van der Waals surface area contributed by atoms with E-state index in [1.54, 1.807) is 20.8 Å². The third-order valence-electron chi connectivity index (χ3n) is 2.59. The van der Waals surface area contributed by atoms with Gasteiger partial charge in [-0.1, -0.05) is 20.3 Å². The molecule has 0 saturated carbocycles. The molecule has 4 N–H and O–H groups in total. The predicted molar refractivity (Wildman–Crippen MR) is 69.3 cm³/mol. The molecule has 19 heavy (non-hydrogen) atoms. The van der Waals surface area contributed by atoms with E-state index in [-0.39, 0.29) is 12.6 Å². The van der Waals surface area contributed by atoms with Crippen LogP contribution in [0.5, 0.6) is 0 Å². The maximum atomic E-state index is 11.4. The Kier molecular flexibility index (Phi) is 7.21. The Morgan fingerprint density at radius 1 is 1.42 bits per heavy atom. The quantitative estimate of drug-likeness (QED) is 0.608. The van der Waals surface area contributed by atoms with Crippen LogP contribution in [-0.2, 0) is 9.47 Å². The highest BCUT2D eigenvalue weighted by atomic mass is 16.6. The van der Waals surface area contributed by atoms with Crippen LogP contribution in [0.1, 0.15) is 40.5 Å². The molecule has 0 aromatic rings. The second kappa shape index (κ2) is 7.83. The number of alkyl carbamates (subject to hydrolysis) is 1. The van der Waals surface area contributed by atoms with Crippen LogP contribution in [0.2, 0.25) is 0 Å². The van der Waals surface area contributed by atoms with Gasteiger partial charge < -0.3 is 25.6 Å². The largest absolute Gasteiger partial charge is 0.449 e. The Bertz CT molecular complexity index is 308. The number of amides is 2. The normalized spacial score (nSPS) is 15.5. The van der Waals surface area contributed by atoms with Gasteiger partial charge in [0.05, 0.1) is 5.41 Å². The van der Waals surface area contributed by atoms with Gasteiger partial charge in [0, 0.05) is 6.04 Å². The summed E-state index contributed by atoms with van der Waals surface area (Å²) in [6.45, 7) is 6.99. The minimum absolute atomic E-state index is 0.0981. The zero-order valence-corrected chi connectivity index (χ0v) is 11.9. The fourth-order valence-electron chi connectivity index (χ4n) is 1.59. The number of rotatable bonds is 7. The van der Waals surface area contributed by atoms with E-state index in [9.17, 15) is 14.7 Å². The summed E-state index contributed by atoms with van der Waals surface area (Å²) in [5, 5.41) is 12.5. The van der Waals surface area contributed by atoms with Gasteiger partial charge in [-0.2, -0.15) is 0 Å². The third-order valence-corrected chi connectivity index (χ3v) is 2.59. The third kappa shape index (κ3) is 6.85. The first-order valence-corrected chi connectivity index (χ1v) is 6.28. The lowest BCUT2D eigenvalue weighted by atomic mass is 9.85. The number of ether oxygens (including phenoxy) is 2. The van der Waals surface area contributed by atoms with E-state index in [2.05, 4.69) is 5.32 Å². The van der Waals surface area contributed by atoms with Crippen LogP contribution in [0.3, 0.4) is 0 Å². The lowest BCUT2D eigenvalue weighted by molar-refractivity contribution is -0.149. The van der Waals surface area contributed by atoms with E-state index in [4.69, 9.17) is 15.2 Å². The van der Waals surface area contributed by atoms with Crippen LogP contribution in [0.4, 0.5) is 9.59 Å². The summed E-state index contributed by atoms with van der Waals surface area (Å²) >= 11 is 0. The Morgan fingerprint density at radius 3 is 2.42 bits per heavy atom. The van der Waals surface area contributed by atoms with E-state index >= 15 is 0 Å². The van der Waals surface area contributed by atoms with Crippen molar-refractivity contribution in [3.05, 3.63) is 0 Å². The van der Waals surface area contributed by atoms with E-state index in [1.165, 1.54) is 0 Å². The van der Waals surface area contributed by atoms with Crippen molar-refractivity contribution in [2.24, 2.45) is 11.1 Å². The van der Waals surface area contributed by atoms with Crippen molar-refractivity contribution in [3.63, 3.8) is 0 Å². The van der Waals surface area contributed by atoms with E-state index in [0.717, 1.165) is 6.42 Å². The lowest BCUT2D eigenvalue weighted by Crippen LogP contribution is -2.44. The number of nitrogens with two attached hydrogens (primary N) is 1. The molecule has 7 nitrogen and oxygen atoms in total. The van der Waals surface area contributed by atoms with Crippen LogP contribution in [0, 0.1) is 5.41 Å². The summed E-state index contributed by atoms with van der Waals surface area (Å²) in [5.74, 6) is 0. The number of hydrogen-bond acceptors (Lipinski definition) is 5. The number of carbonyl (C=O) groups excluding carboxylic acids is 2. The maximum absolute atomic E-state index is 11.4. The van der Waals surface area contributed by atoms with Gasteiger partial charge in [-0.15, -0.1) is 0 Å². The number of primary amides is 1. The molecule has 0 heterocycles. The van der Waals surface area contributed by atoms with Gasteiger partial charge in [-0.3, -0.25) is 0 Å². The minimum atomic E-state index is -1.38. The molecule has 0 aromatic heterocycles. The molecule has 0 aliphatic carbocycles. The molecule has 0 spiro atoms. The summed E-state index contributed by atoms with van der Waals surface area (Å²) in [5.41, 5.74) is 4.01. The first kappa shape index (κ1) is 17.5. The first-order chi connectivity index (χ1) is 8.71. The van der Waals surface area contributed by atoms with Crippen molar-refractivity contribution in [2.75, 3.05) is 6.61 Å². The zero-order chi connectivity index (χ0) is 15.1. The number of carbonyl (C=O) groups is 2. The van der Waals surface area contributed by atoms with Crippen LogP contribution in [0.25, 0.3) is 0 Å². The van der Waals surface area contributed by atoms with Crippen LogP contribution in [0.15, 0.2) is 0 Å². The number of hydrogen-bond donors (Lipinski definition) is 3. The molecule has 2 amide bonds. The Labute approximate surface area is 113 Å². The molecule has 7 heteroatoms. The average Bonchev–Trinajstić information content (AvgIpc) is 2.25. The summed E-state index contributed by atoms with van der Waals surface area (Å²) in [7, 11) is 0. The van der Waals surface area contributed by atoms with Crippen LogP contribution >= 0.6 is 0 Å². The Morgan fingerprint density at radius 2 is 2.00 bits per heavy atom. The average molecular weight is 276 g/mol. The summed E-state index contributed by atoms with van der Waals surface area (Å²) < 4.78 is 9.60. The van der Waals surface area contributed by atoms with E-state index < -0.39 is 23.9 Å². The molecule has 0 rings (SSSR count). The Hall–Kier alpha value is -1.50. The standard InChI is InChI=1S/C12H24N2O5/c1-5-6-12(4,7-18-10(13)16)9(15)19-11(17)14-8(2)3/h8-9,15H,5-7H2,1-4H3,(H2,13,16)(H,14,17). The smallest absolute Gasteiger partial charge is 0.409 e. The van der Waals surface area contributed by atoms with Gasteiger partial charge in [0.15, 0.2) is 0 Å². The molecule has 2 atom stereocenters.